The first-order chi connectivity index (χ1) is 15.5. The molecule has 0 atom stereocenters. The van der Waals surface area contributed by atoms with Crippen LogP contribution in [0.4, 0.5) is 20.2 Å². The highest BCUT2D eigenvalue weighted by Crippen LogP contribution is 2.42. The second-order valence-electron chi connectivity index (χ2n) is 6.62. The van der Waals surface area contributed by atoms with E-state index in [0.717, 1.165) is 0 Å². The van der Waals surface area contributed by atoms with Gasteiger partial charge in [-0.2, -0.15) is 19.0 Å². The molecule has 3 aromatic heterocycles. The summed E-state index contributed by atoms with van der Waals surface area (Å²) in [4.78, 5) is 28.5. The van der Waals surface area contributed by atoms with Crippen LogP contribution in [0.1, 0.15) is 10.4 Å². The highest BCUT2D eigenvalue weighted by atomic mass is 19.3. The summed E-state index contributed by atoms with van der Waals surface area (Å²) in [5, 5.41) is 15.8. The van der Waals surface area contributed by atoms with Gasteiger partial charge in [-0.05, 0) is 12.1 Å². The lowest BCUT2D eigenvalue weighted by molar-refractivity contribution is -0.118. The molecule has 5 rings (SSSR count). The summed E-state index contributed by atoms with van der Waals surface area (Å²) in [5.41, 5.74) is 1.27. The number of amides is 2. The first-order valence-corrected chi connectivity index (χ1v) is 9.18. The number of rotatable bonds is 5. The number of hydrogen-bond acceptors (Lipinski definition) is 7. The number of hydrogen-bond donors (Lipinski definition) is 3. The van der Waals surface area contributed by atoms with Gasteiger partial charge in [0.05, 0.1) is 29.5 Å². The van der Waals surface area contributed by atoms with Gasteiger partial charge in [-0.3, -0.25) is 14.7 Å². The Balaban J connectivity index is 1.52. The van der Waals surface area contributed by atoms with E-state index >= 15 is 0 Å². The molecule has 0 bridgehead atoms. The molecule has 11 nitrogen and oxygen atoms in total. The van der Waals surface area contributed by atoms with Gasteiger partial charge in [0.15, 0.2) is 12.3 Å². The van der Waals surface area contributed by atoms with E-state index in [2.05, 4.69) is 35.7 Å². The lowest BCUT2D eigenvalue weighted by atomic mass is 10.1. The van der Waals surface area contributed by atoms with Gasteiger partial charge in [-0.15, -0.1) is 0 Å². The molecule has 3 N–H and O–H groups in total. The Kier molecular flexibility index (Phi) is 4.62. The Labute approximate surface area is 177 Å². The minimum Gasteiger partial charge on any atom is -0.482 e. The minimum atomic E-state index is -3.13. The van der Waals surface area contributed by atoms with Crippen molar-refractivity contribution in [2.24, 2.45) is 0 Å². The number of nitrogens with zero attached hydrogens (tertiary/aromatic N) is 4. The number of anilines is 2. The molecule has 1 aromatic carbocycles. The Hall–Kier alpha value is -4.55. The summed E-state index contributed by atoms with van der Waals surface area (Å²) in [6.45, 7) is -3.35. The van der Waals surface area contributed by atoms with Crippen molar-refractivity contribution in [3.63, 3.8) is 0 Å². The Bertz CT molecular complexity index is 1350. The monoisotopic (exact) mass is 441 g/mol. The van der Waals surface area contributed by atoms with E-state index in [4.69, 9.17) is 4.74 Å². The zero-order valence-electron chi connectivity index (χ0n) is 16.0. The number of benzene rings is 1. The van der Waals surface area contributed by atoms with Crippen LogP contribution in [0.15, 0.2) is 43.0 Å². The van der Waals surface area contributed by atoms with Crippen LogP contribution in [-0.4, -0.2) is 49.8 Å². The van der Waals surface area contributed by atoms with Crippen LogP contribution in [-0.2, 0) is 4.79 Å². The lowest BCUT2D eigenvalue weighted by Crippen LogP contribution is -2.25. The lowest BCUT2D eigenvalue weighted by Gasteiger charge is -2.21. The van der Waals surface area contributed by atoms with Crippen LogP contribution in [0.3, 0.4) is 0 Å². The molecule has 0 unspecified atom stereocenters. The third kappa shape index (κ3) is 3.45. The average Bonchev–Trinajstić information content (AvgIpc) is 3.39. The first kappa shape index (κ1) is 19.4. The van der Waals surface area contributed by atoms with Gasteiger partial charge in [-0.25, -0.2) is 9.50 Å². The van der Waals surface area contributed by atoms with Crippen LogP contribution < -0.4 is 20.1 Å². The number of fused-ring (bicyclic) bond motifs is 2. The first-order valence-electron chi connectivity index (χ1n) is 9.18. The van der Waals surface area contributed by atoms with Crippen molar-refractivity contribution >= 4 is 28.8 Å². The van der Waals surface area contributed by atoms with Gasteiger partial charge >= 0.3 is 6.61 Å². The molecular weight excluding hydrogens is 428 g/mol. The number of aromatic amines is 1. The third-order valence-electron chi connectivity index (χ3n) is 4.61. The Morgan fingerprint density at radius 1 is 1.31 bits per heavy atom. The van der Waals surface area contributed by atoms with Crippen molar-refractivity contribution in [2.45, 2.75) is 6.61 Å². The van der Waals surface area contributed by atoms with E-state index in [1.54, 1.807) is 12.3 Å². The minimum absolute atomic E-state index is 0.144. The predicted octanol–water partition coefficient (Wildman–Crippen LogP) is 2.30. The number of aromatic nitrogens is 5. The smallest absolute Gasteiger partial charge is 0.387 e. The van der Waals surface area contributed by atoms with Gasteiger partial charge in [-0.1, -0.05) is 0 Å². The molecule has 2 amide bonds. The molecule has 162 valence electrons. The summed E-state index contributed by atoms with van der Waals surface area (Å²) >= 11 is 0. The largest absolute Gasteiger partial charge is 0.482 e. The quantitative estimate of drug-likeness (QED) is 0.432. The van der Waals surface area contributed by atoms with E-state index in [-0.39, 0.29) is 46.3 Å². The van der Waals surface area contributed by atoms with E-state index in [1.165, 1.54) is 35.2 Å². The maximum atomic E-state index is 13.0. The van der Waals surface area contributed by atoms with Gasteiger partial charge in [0, 0.05) is 24.0 Å². The molecule has 0 fully saturated rings. The molecule has 0 saturated heterocycles. The van der Waals surface area contributed by atoms with Crippen molar-refractivity contribution in [3.8, 4) is 22.8 Å². The summed E-state index contributed by atoms with van der Waals surface area (Å²) in [5.74, 6) is -0.953. The van der Waals surface area contributed by atoms with E-state index in [9.17, 15) is 18.4 Å². The van der Waals surface area contributed by atoms with Gasteiger partial charge in [0.1, 0.15) is 17.1 Å². The topological polar surface area (TPSA) is 136 Å². The molecular formula is C19H13F2N7O4. The van der Waals surface area contributed by atoms with Crippen LogP contribution >= 0.6 is 0 Å². The van der Waals surface area contributed by atoms with E-state index in [1.807, 2.05) is 0 Å². The molecule has 13 heteroatoms. The number of carbonyl (C=O) groups is 2. The standard InChI is InChI=1S/C19H13F2N7O4/c20-19(21)32-13-5-11-14(31-8-15(29)25-11)4-9(13)16-12(7-23-27-16)26-18(30)10-6-24-28-3-1-2-22-17(10)28/h1-7,19H,8H2,(H,23,27)(H,25,29)(H,26,30). The Morgan fingerprint density at radius 2 is 2.19 bits per heavy atom. The summed E-state index contributed by atoms with van der Waals surface area (Å²) in [7, 11) is 0. The molecule has 0 radical (unpaired) electrons. The van der Waals surface area contributed by atoms with Crippen LogP contribution in [0.5, 0.6) is 11.5 Å². The highest BCUT2D eigenvalue weighted by Gasteiger charge is 2.24. The fourth-order valence-corrected chi connectivity index (χ4v) is 3.26. The van der Waals surface area contributed by atoms with Crippen molar-refractivity contribution in [1.29, 1.82) is 0 Å². The number of halogens is 2. The van der Waals surface area contributed by atoms with Crippen molar-refractivity contribution in [1.82, 2.24) is 24.8 Å². The number of ether oxygens (including phenoxy) is 2. The van der Waals surface area contributed by atoms with Gasteiger partial charge in [0.25, 0.3) is 11.8 Å². The van der Waals surface area contributed by atoms with Crippen LogP contribution in [0, 0.1) is 0 Å². The molecule has 4 aromatic rings. The number of carbonyl (C=O) groups excluding carboxylic acids is 2. The Morgan fingerprint density at radius 3 is 3.03 bits per heavy atom. The van der Waals surface area contributed by atoms with Crippen LogP contribution in [0.25, 0.3) is 16.9 Å². The van der Waals surface area contributed by atoms with Crippen LogP contribution in [0.2, 0.25) is 0 Å². The second kappa shape index (κ2) is 7.61. The SMILES string of the molecule is O=C1COc2cc(-c3[nH]ncc3NC(=O)c3cnn4cccnc34)c(OC(F)F)cc2N1. The fraction of sp³-hybridized carbons (Fsp3) is 0.105. The number of alkyl halides is 2. The van der Waals surface area contributed by atoms with Gasteiger partial charge < -0.3 is 20.1 Å². The molecule has 4 heterocycles. The van der Waals surface area contributed by atoms with Crippen molar-refractivity contribution in [3.05, 3.63) is 48.5 Å². The molecule has 0 spiro atoms. The molecule has 32 heavy (non-hydrogen) atoms. The normalized spacial score (nSPS) is 12.9. The molecule has 0 saturated carbocycles. The summed E-state index contributed by atoms with van der Waals surface area (Å²) in [6, 6.07) is 4.29. The van der Waals surface area contributed by atoms with Gasteiger partial charge in [0.2, 0.25) is 0 Å². The van der Waals surface area contributed by atoms with E-state index < -0.39 is 18.4 Å². The summed E-state index contributed by atoms with van der Waals surface area (Å²) < 4.78 is 37.5. The maximum Gasteiger partial charge on any atom is 0.387 e. The maximum absolute atomic E-state index is 13.0. The second-order valence-corrected chi connectivity index (χ2v) is 6.62. The molecule has 0 aliphatic carbocycles. The fourth-order valence-electron chi connectivity index (χ4n) is 3.26. The zero-order chi connectivity index (χ0) is 22.2. The predicted molar refractivity (Wildman–Crippen MR) is 106 cm³/mol. The molecule has 1 aliphatic heterocycles. The highest BCUT2D eigenvalue weighted by molar-refractivity contribution is 6.09. The van der Waals surface area contributed by atoms with E-state index in [0.29, 0.717) is 5.65 Å². The third-order valence-corrected chi connectivity index (χ3v) is 4.61. The summed E-state index contributed by atoms with van der Waals surface area (Å²) in [6.07, 6.45) is 5.85. The van der Waals surface area contributed by atoms with Crippen molar-refractivity contribution < 1.29 is 27.8 Å². The number of H-pyrrole nitrogens is 1. The zero-order valence-corrected chi connectivity index (χ0v) is 16.0. The average molecular weight is 441 g/mol. The molecule has 1 aliphatic rings. The number of nitrogens with one attached hydrogen (secondary N) is 3. The van der Waals surface area contributed by atoms with Crippen molar-refractivity contribution in [2.75, 3.05) is 17.2 Å².